The zero-order valence-electron chi connectivity index (χ0n) is 11.4. The van der Waals surface area contributed by atoms with Gasteiger partial charge in [0, 0.05) is 25.2 Å². The highest BCUT2D eigenvalue weighted by Crippen LogP contribution is 2.16. The predicted molar refractivity (Wildman–Crippen MR) is 73.0 cm³/mol. The molecule has 2 heterocycles. The highest BCUT2D eigenvalue weighted by molar-refractivity contribution is 5.88. The molecule has 0 spiro atoms. The predicted octanol–water partition coefficient (Wildman–Crippen LogP) is 1.45. The standard InChI is InChI=1S/C13H16N4O3/c1-19-6-5-17-9-11(8-15-17)16-10-3-4-14-12(7-10)13(18)20-2/h3-4,7-9H,5-6H2,1-2H3,(H,14,16). The van der Waals surface area contributed by atoms with Gasteiger partial charge in [-0.2, -0.15) is 5.10 Å². The van der Waals surface area contributed by atoms with E-state index in [9.17, 15) is 4.79 Å². The molecular formula is C13H16N4O3. The summed E-state index contributed by atoms with van der Waals surface area (Å²) in [5.41, 5.74) is 1.82. The summed E-state index contributed by atoms with van der Waals surface area (Å²) in [6.45, 7) is 1.28. The van der Waals surface area contributed by atoms with E-state index in [2.05, 4.69) is 20.1 Å². The van der Waals surface area contributed by atoms with Crippen molar-refractivity contribution in [2.75, 3.05) is 26.1 Å². The van der Waals surface area contributed by atoms with E-state index >= 15 is 0 Å². The van der Waals surface area contributed by atoms with Gasteiger partial charge in [-0.1, -0.05) is 0 Å². The number of carbonyl (C=O) groups excluding carboxylic acids is 1. The molecule has 7 nitrogen and oxygen atoms in total. The third-order valence-corrected chi connectivity index (χ3v) is 2.60. The first kappa shape index (κ1) is 14.0. The van der Waals surface area contributed by atoms with Gasteiger partial charge < -0.3 is 14.8 Å². The maximum Gasteiger partial charge on any atom is 0.356 e. The number of carbonyl (C=O) groups is 1. The Morgan fingerprint density at radius 3 is 3.00 bits per heavy atom. The molecule has 7 heteroatoms. The van der Waals surface area contributed by atoms with Crippen LogP contribution in [0.4, 0.5) is 11.4 Å². The lowest BCUT2D eigenvalue weighted by molar-refractivity contribution is 0.0594. The summed E-state index contributed by atoms with van der Waals surface area (Å²) in [6.07, 6.45) is 5.11. The number of pyridine rings is 1. The smallest absolute Gasteiger partial charge is 0.356 e. The molecule has 0 bridgehead atoms. The lowest BCUT2D eigenvalue weighted by Crippen LogP contribution is -2.04. The second-order valence-electron chi connectivity index (χ2n) is 4.03. The minimum Gasteiger partial charge on any atom is -0.464 e. The molecule has 0 saturated heterocycles. The Labute approximate surface area is 116 Å². The van der Waals surface area contributed by atoms with E-state index in [4.69, 9.17) is 4.74 Å². The maximum absolute atomic E-state index is 11.4. The summed E-state index contributed by atoms with van der Waals surface area (Å²) in [5, 5.41) is 7.34. The van der Waals surface area contributed by atoms with Crippen LogP contribution in [0.1, 0.15) is 10.5 Å². The Hall–Kier alpha value is -2.41. The lowest BCUT2D eigenvalue weighted by Gasteiger charge is -2.04. The van der Waals surface area contributed by atoms with Crippen LogP contribution in [0, 0.1) is 0 Å². The van der Waals surface area contributed by atoms with Crippen molar-refractivity contribution >= 4 is 17.3 Å². The number of aromatic nitrogens is 3. The molecule has 0 amide bonds. The molecule has 0 saturated carbocycles. The second-order valence-corrected chi connectivity index (χ2v) is 4.03. The normalized spacial score (nSPS) is 10.3. The Bertz CT molecular complexity index is 583. The maximum atomic E-state index is 11.4. The summed E-state index contributed by atoms with van der Waals surface area (Å²) in [4.78, 5) is 15.3. The zero-order chi connectivity index (χ0) is 14.4. The van der Waals surface area contributed by atoms with Gasteiger partial charge in [-0.3, -0.25) is 4.68 Å². The van der Waals surface area contributed by atoms with Gasteiger partial charge in [0.05, 0.1) is 32.1 Å². The van der Waals surface area contributed by atoms with Crippen LogP contribution in [0.5, 0.6) is 0 Å². The summed E-state index contributed by atoms with van der Waals surface area (Å²) < 4.78 is 11.4. The largest absolute Gasteiger partial charge is 0.464 e. The van der Waals surface area contributed by atoms with Gasteiger partial charge in [0.1, 0.15) is 5.69 Å². The Morgan fingerprint density at radius 2 is 2.25 bits per heavy atom. The molecule has 0 aliphatic rings. The van der Waals surface area contributed by atoms with Gasteiger partial charge in [-0.25, -0.2) is 9.78 Å². The van der Waals surface area contributed by atoms with E-state index < -0.39 is 5.97 Å². The Kier molecular flexibility index (Phi) is 4.67. The molecule has 0 aromatic carbocycles. The van der Waals surface area contributed by atoms with Crippen LogP contribution >= 0.6 is 0 Å². The van der Waals surface area contributed by atoms with Gasteiger partial charge >= 0.3 is 5.97 Å². The summed E-state index contributed by atoms with van der Waals surface area (Å²) >= 11 is 0. The summed E-state index contributed by atoms with van der Waals surface area (Å²) in [6, 6.07) is 3.39. The van der Waals surface area contributed by atoms with Crippen molar-refractivity contribution in [1.82, 2.24) is 14.8 Å². The number of nitrogens with one attached hydrogen (secondary N) is 1. The molecule has 20 heavy (non-hydrogen) atoms. The summed E-state index contributed by atoms with van der Waals surface area (Å²) in [7, 11) is 2.97. The van der Waals surface area contributed by atoms with Gasteiger partial charge in [0.15, 0.2) is 0 Å². The molecule has 0 unspecified atom stereocenters. The van der Waals surface area contributed by atoms with E-state index in [-0.39, 0.29) is 5.69 Å². The van der Waals surface area contributed by atoms with Crippen LogP contribution in [0.2, 0.25) is 0 Å². The van der Waals surface area contributed by atoms with Gasteiger partial charge in [-0.05, 0) is 12.1 Å². The van der Waals surface area contributed by atoms with E-state index in [1.165, 1.54) is 7.11 Å². The van der Waals surface area contributed by atoms with Crippen LogP contribution in [-0.4, -0.2) is 41.6 Å². The number of anilines is 2. The molecule has 0 radical (unpaired) electrons. The molecule has 2 aromatic heterocycles. The van der Waals surface area contributed by atoms with Crippen LogP contribution in [0.25, 0.3) is 0 Å². The first-order valence-corrected chi connectivity index (χ1v) is 6.05. The second kappa shape index (κ2) is 6.67. The van der Waals surface area contributed by atoms with Crippen LogP contribution < -0.4 is 5.32 Å². The average Bonchev–Trinajstić information content (AvgIpc) is 2.92. The van der Waals surface area contributed by atoms with Crippen molar-refractivity contribution < 1.29 is 14.3 Å². The van der Waals surface area contributed by atoms with Crippen molar-refractivity contribution in [2.24, 2.45) is 0 Å². The van der Waals surface area contributed by atoms with Gasteiger partial charge in [0.25, 0.3) is 0 Å². The highest BCUT2D eigenvalue weighted by atomic mass is 16.5. The van der Waals surface area contributed by atoms with E-state index in [1.54, 1.807) is 36.3 Å². The fraction of sp³-hybridized carbons (Fsp3) is 0.308. The van der Waals surface area contributed by atoms with Crippen molar-refractivity contribution in [1.29, 1.82) is 0 Å². The van der Waals surface area contributed by atoms with Crippen LogP contribution in [0.3, 0.4) is 0 Å². The number of esters is 1. The fourth-order valence-electron chi connectivity index (χ4n) is 1.63. The highest BCUT2D eigenvalue weighted by Gasteiger charge is 2.08. The quantitative estimate of drug-likeness (QED) is 0.805. The van der Waals surface area contributed by atoms with Crippen LogP contribution in [0.15, 0.2) is 30.7 Å². The van der Waals surface area contributed by atoms with Gasteiger partial charge in [0.2, 0.25) is 0 Å². The lowest BCUT2D eigenvalue weighted by atomic mass is 10.3. The topological polar surface area (TPSA) is 78.3 Å². The number of methoxy groups -OCH3 is 2. The van der Waals surface area contributed by atoms with Crippen LogP contribution in [-0.2, 0) is 16.0 Å². The minimum atomic E-state index is -0.468. The van der Waals surface area contributed by atoms with E-state index in [0.717, 1.165) is 11.4 Å². The third kappa shape index (κ3) is 3.55. The first-order chi connectivity index (χ1) is 9.72. The molecule has 106 valence electrons. The third-order valence-electron chi connectivity index (χ3n) is 2.60. The number of hydrogen-bond acceptors (Lipinski definition) is 6. The van der Waals surface area contributed by atoms with Crippen molar-refractivity contribution in [3.05, 3.63) is 36.4 Å². The van der Waals surface area contributed by atoms with E-state index in [0.29, 0.717) is 13.2 Å². The molecule has 2 aromatic rings. The number of rotatable bonds is 6. The number of hydrogen-bond donors (Lipinski definition) is 1. The molecule has 2 rings (SSSR count). The molecule has 0 atom stereocenters. The van der Waals surface area contributed by atoms with E-state index in [1.807, 2.05) is 6.20 Å². The number of nitrogens with zero attached hydrogens (tertiary/aromatic N) is 3. The van der Waals surface area contributed by atoms with Crippen molar-refractivity contribution in [2.45, 2.75) is 6.54 Å². The Morgan fingerprint density at radius 1 is 1.40 bits per heavy atom. The average molecular weight is 276 g/mol. The molecule has 1 N–H and O–H groups in total. The minimum absolute atomic E-state index is 0.254. The zero-order valence-corrected chi connectivity index (χ0v) is 11.4. The number of ether oxygens (including phenoxy) is 2. The van der Waals surface area contributed by atoms with Crippen molar-refractivity contribution in [3.63, 3.8) is 0 Å². The SMILES string of the molecule is COCCn1cc(Nc2ccnc(C(=O)OC)c2)cn1. The molecule has 0 fully saturated rings. The van der Waals surface area contributed by atoms with Gasteiger partial charge in [-0.15, -0.1) is 0 Å². The Balaban J connectivity index is 2.06. The fourth-order valence-corrected chi connectivity index (χ4v) is 1.63. The van der Waals surface area contributed by atoms with Crippen molar-refractivity contribution in [3.8, 4) is 0 Å². The first-order valence-electron chi connectivity index (χ1n) is 6.05. The molecule has 0 aliphatic heterocycles. The monoisotopic (exact) mass is 276 g/mol. The molecule has 0 aliphatic carbocycles. The summed E-state index contributed by atoms with van der Waals surface area (Å²) in [5.74, 6) is -0.468. The molecular weight excluding hydrogens is 260 g/mol.